The molecule has 1 fully saturated rings. The average molecular weight is 197 g/mol. The van der Waals surface area contributed by atoms with E-state index < -0.39 is 0 Å². The van der Waals surface area contributed by atoms with Crippen LogP contribution in [0.25, 0.3) is 0 Å². The molecule has 0 aromatic heterocycles. The van der Waals surface area contributed by atoms with Gasteiger partial charge in [0.1, 0.15) is 0 Å². The van der Waals surface area contributed by atoms with Crippen molar-refractivity contribution < 1.29 is 9.59 Å². The highest BCUT2D eigenvalue weighted by atomic mass is 16.2. The SMILES string of the molecule is CCC(C)C(=O)CN1CCCCC1=O. The molecule has 0 bridgehead atoms. The fraction of sp³-hybridized carbons (Fsp3) is 0.818. The molecule has 0 spiro atoms. The number of hydrogen-bond donors (Lipinski definition) is 0. The second kappa shape index (κ2) is 5.13. The van der Waals surface area contributed by atoms with Gasteiger partial charge >= 0.3 is 0 Å². The largest absolute Gasteiger partial charge is 0.335 e. The smallest absolute Gasteiger partial charge is 0.222 e. The highest BCUT2D eigenvalue weighted by Gasteiger charge is 2.22. The zero-order valence-corrected chi connectivity index (χ0v) is 9.08. The van der Waals surface area contributed by atoms with E-state index in [1.807, 2.05) is 13.8 Å². The molecule has 1 unspecified atom stereocenters. The van der Waals surface area contributed by atoms with Crippen LogP contribution in [0.1, 0.15) is 39.5 Å². The lowest BCUT2D eigenvalue weighted by Crippen LogP contribution is -2.40. The Morgan fingerprint density at radius 2 is 2.21 bits per heavy atom. The molecule has 0 N–H and O–H groups in total. The van der Waals surface area contributed by atoms with Gasteiger partial charge in [-0.05, 0) is 19.3 Å². The first-order chi connectivity index (χ1) is 6.65. The fourth-order valence-electron chi connectivity index (χ4n) is 1.60. The molecule has 0 aromatic rings. The summed E-state index contributed by atoms with van der Waals surface area (Å²) in [5.74, 6) is 0.431. The minimum atomic E-state index is 0.0877. The molecule has 14 heavy (non-hydrogen) atoms. The van der Waals surface area contributed by atoms with Crippen molar-refractivity contribution >= 4 is 11.7 Å². The number of amides is 1. The van der Waals surface area contributed by atoms with Crippen molar-refractivity contribution in [2.24, 2.45) is 5.92 Å². The van der Waals surface area contributed by atoms with Crippen molar-refractivity contribution in [1.82, 2.24) is 4.90 Å². The molecule has 3 nitrogen and oxygen atoms in total. The van der Waals surface area contributed by atoms with Gasteiger partial charge in [-0.3, -0.25) is 9.59 Å². The van der Waals surface area contributed by atoms with Crippen LogP contribution in [0.15, 0.2) is 0 Å². The number of carbonyl (C=O) groups is 2. The molecule has 0 aliphatic carbocycles. The third-order valence-corrected chi connectivity index (χ3v) is 2.93. The van der Waals surface area contributed by atoms with Crippen LogP contribution in [0.2, 0.25) is 0 Å². The van der Waals surface area contributed by atoms with Crippen molar-refractivity contribution in [2.45, 2.75) is 39.5 Å². The molecule has 80 valence electrons. The van der Waals surface area contributed by atoms with E-state index in [0.29, 0.717) is 13.0 Å². The third-order valence-electron chi connectivity index (χ3n) is 2.93. The number of likely N-dealkylation sites (tertiary alicyclic amines) is 1. The van der Waals surface area contributed by atoms with Crippen LogP contribution in [-0.4, -0.2) is 29.7 Å². The van der Waals surface area contributed by atoms with E-state index in [4.69, 9.17) is 0 Å². The molecule has 1 rings (SSSR count). The van der Waals surface area contributed by atoms with Crippen LogP contribution in [0, 0.1) is 5.92 Å². The third kappa shape index (κ3) is 2.82. The minimum Gasteiger partial charge on any atom is -0.335 e. The van der Waals surface area contributed by atoms with E-state index in [1.165, 1.54) is 0 Å². The predicted molar refractivity (Wildman–Crippen MR) is 54.9 cm³/mol. The maximum absolute atomic E-state index is 11.6. The topological polar surface area (TPSA) is 37.4 Å². The summed E-state index contributed by atoms with van der Waals surface area (Å²) in [6.07, 6.45) is 3.50. The van der Waals surface area contributed by atoms with Gasteiger partial charge in [0.2, 0.25) is 5.91 Å². The number of piperidine rings is 1. The summed E-state index contributed by atoms with van der Waals surface area (Å²) >= 11 is 0. The van der Waals surface area contributed by atoms with Gasteiger partial charge in [0.05, 0.1) is 6.54 Å². The highest BCUT2D eigenvalue weighted by molar-refractivity contribution is 5.87. The fourth-order valence-corrected chi connectivity index (χ4v) is 1.60. The van der Waals surface area contributed by atoms with Crippen LogP contribution in [0.3, 0.4) is 0 Å². The van der Waals surface area contributed by atoms with Gasteiger partial charge in [-0.15, -0.1) is 0 Å². The highest BCUT2D eigenvalue weighted by Crippen LogP contribution is 2.12. The average Bonchev–Trinajstić information content (AvgIpc) is 2.20. The lowest BCUT2D eigenvalue weighted by molar-refractivity contribution is -0.138. The van der Waals surface area contributed by atoms with Gasteiger partial charge in [-0.1, -0.05) is 13.8 Å². The van der Waals surface area contributed by atoms with Gasteiger partial charge in [0, 0.05) is 18.9 Å². The molecule has 1 saturated heterocycles. The quantitative estimate of drug-likeness (QED) is 0.686. The molecule has 0 aromatic carbocycles. The van der Waals surface area contributed by atoms with E-state index in [0.717, 1.165) is 25.8 Å². The lowest BCUT2D eigenvalue weighted by Gasteiger charge is -2.26. The van der Waals surface area contributed by atoms with E-state index in [9.17, 15) is 9.59 Å². The maximum atomic E-state index is 11.6. The van der Waals surface area contributed by atoms with Crippen LogP contribution < -0.4 is 0 Å². The number of ketones is 1. The Kier molecular flexibility index (Phi) is 4.11. The monoisotopic (exact) mass is 197 g/mol. The summed E-state index contributed by atoms with van der Waals surface area (Å²) in [5.41, 5.74) is 0. The summed E-state index contributed by atoms with van der Waals surface area (Å²) in [5, 5.41) is 0. The van der Waals surface area contributed by atoms with E-state index in [2.05, 4.69) is 0 Å². The van der Waals surface area contributed by atoms with E-state index >= 15 is 0 Å². The van der Waals surface area contributed by atoms with Crippen molar-refractivity contribution in [3.05, 3.63) is 0 Å². The Labute approximate surface area is 85.5 Å². The van der Waals surface area contributed by atoms with Crippen molar-refractivity contribution in [2.75, 3.05) is 13.1 Å². The first kappa shape index (κ1) is 11.2. The number of nitrogens with zero attached hydrogens (tertiary/aromatic N) is 1. The van der Waals surface area contributed by atoms with Gasteiger partial charge in [-0.2, -0.15) is 0 Å². The Bertz CT molecular complexity index is 225. The minimum absolute atomic E-state index is 0.0877. The number of hydrogen-bond acceptors (Lipinski definition) is 2. The van der Waals surface area contributed by atoms with Crippen LogP contribution in [-0.2, 0) is 9.59 Å². The molecule has 3 heteroatoms. The van der Waals surface area contributed by atoms with E-state index in [-0.39, 0.29) is 17.6 Å². The van der Waals surface area contributed by atoms with Gasteiger partial charge in [0.15, 0.2) is 5.78 Å². The zero-order valence-electron chi connectivity index (χ0n) is 9.08. The predicted octanol–water partition coefficient (Wildman–Crippen LogP) is 1.61. The lowest BCUT2D eigenvalue weighted by atomic mass is 10.0. The van der Waals surface area contributed by atoms with Gasteiger partial charge in [0.25, 0.3) is 0 Å². The normalized spacial score (nSPS) is 19.6. The zero-order chi connectivity index (χ0) is 10.6. The van der Waals surface area contributed by atoms with Crippen LogP contribution >= 0.6 is 0 Å². The van der Waals surface area contributed by atoms with Crippen molar-refractivity contribution in [3.63, 3.8) is 0 Å². The molecule has 1 heterocycles. The Morgan fingerprint density at radius 1 is 1.50 bits per heavy atom. The van der Waals surface area contributed by atoms with Gasteiger partial charge in [-0.25, -0.2) is 0 Å². The summed E-state index contributed by atoms with van der Waals surface area (Å²) in [4.78, 5) is 24.7. The molecule has 1 atom stereocenters. The first-order valence-electron chi connectivity index (χ1n) is 5.45. The second-order valence-corrected chi connectivity index (χ2v) is 4.05. The number of Topliss-reactive ketones (excluding diaryl/α,β-unsaturated/α-hetero) is 1. The molecule has 1 aliphatic rings. The molecule has 0 saturated carbocycles. The molecule has 1 amide bonds. The Hall–Kier alpha value is -0.860. The summed E-state index contributed by atoms with van der Waals surface area (Å²) in [7, 11) is 0. The maximum Gasteiger partial charge on any atom is 0.222 e. The summed E-state index contributed by atoms with van der Waals surface area (Å²) in [6.45, 7) is 5.02. The summed E-state index contributed by atoms with van der Waals surface area (Å²) < 4.78 is 0. The molecule has 1 aliphatic heterocycles. The number of rotatable bonds is 4. The van der Waals surface area contributed by atoms with Crippen LogP contribution in [0.4, 0.5) is 0 Å². The first-order valence-corrected chi connectivity index (χ1v) is 5.45. The molecular weight excluding hydrogens is 178 g/mol. The van der Waals surface area contributed by atoms with Crippen LogP contribution in [0.5, 0.6) is 0 Å². The Morgan fingerprint density at radius 3 is 2.79 bits per heavy atom. The standard InChI is InChI=1S/C11H19NO2/c1-3-9(2)10(13)8-12-7-5-4-6-11(12)14/h9H,3-8H2,1-2H3. The van der Waals surface area contributed by atoms with Crippen molar-refractivity contribution in [3.8, 4) is 0 Å². The molecular formula is C11H19NO2. The summed E-state index contributed by atoms with van der Waals surface area (Å²) in [6, 6.07) is 0. The van der Waals surface area contributed by atoms with E-state index in [1.54, 1.807) is 4.90 Å². The van der Waals surface area contributed by atoms with Crippen molar-refractivity contribution in [1.29, 1.82) is 0 Å². The van der Waals surface area contributed by atoms with Gasteiger partial charge < -0.3 is 4.90 Å². The Balaban J connectivity index is 2.42. The second-order valence-electron chi connectivity index (χ2n) is 4.05. The molecule has 0 radical (unpaired) electrons. The number of carbonyl (C=O) groups excluding carboxylic acids is 2.